The van der Waals surface area contributed by atoms with Gasteiger partial charge in [-0.3, -0.25) is 4.79 Å². The first-order valence-electron chi connectivity index (χ1n) is 6.32. The van der Waals surface area contributed by atoms with Crippen molar-refractivity contribution in [1.29, 1.82) is 0 Å². The van der Waals surface area contributed by atoms with E-state index >= 15 is 0 Å². The van der Waals surface area contributed by atoms with Gasteiger partial charge in [0.15, 0.2) is 0 Å². The van der Waals surface area contributed by atoms with Gasteiger partial charge < -0.3 is 5.73 Å². The molecule has 0 radical (unpaired) electrons. The molecule has 1 aromatic rings. The first kappa shape index (κ1) is 13.7. The number of nitrogens with two attached hydrogens (primary N) is 1. The maximum absolute atomic E-state index is 11.6. The molecule has 0 aromatic heterocycles. The minimum Gasteiger partial charge on any atom is -0.369 e. The van der Waals surface area contributed by atoms with Crippen LogP contribution in [0.3, 0.4) is 0 Å². The van der Waals surface area contributed by atoms with Gasteiger partial charge in [-0.05, 0) is 30.0 Å². The van der Waals surface area contributed by atoms with Crippen LogP contribution in [0.5, 0.6) is 0 Å². The Morgan fingerprint density at radius 3 is 2.50 bits per heavy atom. The summed E-state index contributed by atoms with van der Waals surface area (Å²) < 4.78 is 0. The molecule has 0 bridgehead atoms. The number of hydrogen-bond donors (Lipinski definition) is 1. The van der Waals surface area contributed by atoms with Gasteiger partial charge in [-0.25, -0.2) is 0 Å². The Bertz CT molecular complexity index is 441. The number of amides is 1. The van der Waals surface area contributed by atoms with Crippen LogP contribution in [-0.4, -0.2) is 5.91 Å². The highest BCUT2D eigenvalue weighted by Crippen LogP contribution is 2.35. The van der Waals surface area contributed by atoms with Gasteiger partial charge >= 0.3 is 0 Å². The number of carbonyl (C=O) groups is 1. The second kappa shape index (κ2) is 5.94. The lowest BCUT2D eigenvalue weighted by Gasteiger charge is -2.18. The van der Waals surface area contributed by atoms with Gasteiger partial charge in [0.1, 0.15) is 0 Å². The van der Waals surface area contributed by atoms with E-state index in [-0.39, 0.29) is 11.8 Å². The molecule has 1 aromatic carbocycles. The molecule has 18 heavy (non-hydrogen) atoms. The van der Waals surface area contributed by atoms with Gasteiger partial charge in [0.25, 0.3) is 0 Å². The van der Waals surface area contributed by atoms with Crippen molar-refractivity contribution in [3.05, 3.63) is 33.8 Å². The van der Waals surface area contributed by atoms with Crippen LogP contribution in [0.4, 0.5) is 0 Å². The summed E-state index contributed by atoms with van der Waals surface area (Å²) in [7, 11) is 0. The molecular weight excluding hydrogens is 269 g/mol. The molecule has 2 N–H and O–H groups in total. The zero-order valence-corrected chi connectivity index (χ0v) is 11.7. The summed E-state index contributed by atoms with van der Waals surface area (Å²) in [6.07, 6.45) is 5.75. The molecule has 1 fully saturated rings. The second-order valence-electron chi connectivity index (χ2n) is 5.01. The number of rotatable bonds is 4. The first-order valence-corrected chi connectivity index (χ1v) is 7.08. The number of benzene rings is 1. The molecular formula is C14H17Cl2NO. The zero-order chi connectivity index (χ0) is 13.1. The Kier molecular flexibility index (Phi) is 4.52. The van der Waals surface area contributed by atoms with Gasteiger partial charge in [0.2, 0.25) is 5.91 Å². The van der Waals surface area contributed by atoms with Crippen LogP contribution in [0, 0.1) is 5.92 Å². The van der Waals surface area contributed by atoms with Gasteiger partial charge in [0.05, 0.1) is 16.0 Å². The van der Waals surface area contributed by atoms with Crippen LogP contribution in [0.2, 0.25) is 10.0 Å². The standard InChI is InChI=1S/C14H17Cl2NO/c15-12-6-5-10(8-13(12)16)11(14(17)18)7-9-3-1-2-4-9/h5-6,8-9,11H,1-4,7H2,(H2,17,18). The first-order chi connectivity index (χ1) is 8.58. The molecule has 0 aliphatic heterocycles. The highest BCUT2D eigenvalue weighted by atomic mass is 35.5. The van der Waals surface area contributed by atoms with Crippen molar-refractivity contribution >= 4 is 29.1 Å². The molecule has 4 heteroatoms. The zero-order valence-electron chi connectivity index (χ0n) is 10.2. The molecule has 2 rings (SSSR count). The molecule has 0 spiro atoms. The van der Waals surface area contributed by atoms with Gasteiger partial charge in [-0.15, -0.1) is 0 Å². The van der Waals surface area contributed by atoms with Crippen LogP contribution in [0.1, 0.15) is 43.6 Å². The Hall–Kier alpha value is -0.730. The summed E-state index contributed by atoms with van der Waals surface area (Å²) in [6, 6.07) is 5.33. The molecule has 1 aliphatic rings. The SMILES string of the molecule is NC(=O)C(CC1CCCC1)c1ccc(Cl)c(Cl)c1. The maximum Gasteiger partial charge on any atom is 0.224 e. The third-order valence-corrected chi connectivity index (χ3v) is 4.47. The number of carbonyl (C=O) groups excluding carboxylic acids is 1. The predicted octanol–water partition coefficient (Wildman–Crippen LogP) is 4.14. The van der Waals surface area contributed by atoms with Crippen molar-refractivity contribution in [2.75, 3.05) is 0 Å². The average Bonchev–Trinajstić information content (AvgIpc) is 2.82. The van der Waals surface area contributed by atoms with E-state index in [2.05, 4.69) is 0 Å². The summed E-state index contributed by atoms with van der Waals surface area (Å²) >= 11 is 11.9. The lowest BCUT2D eigenvalue weighted by atomic mass is 9.87. The fraction of sp³-hybridized carbons (Fsp3) is 0.500. The Balaban J connectivity index is 2.17. The third kappa shape index (κ3) is 3.18. The van der Waals surface area contributed by atoms with Crippen molar-refractivity contribution in [3.63, 3.8) is 0 Å². The fourth-order valence-corrected chi connectivity index (χ4v) is 3.03. The van der Waals surface area contributed by atoms with E-state index in [1.807, 2.05) is 6.07 Å². The van der Waals surface area contributed by atoms with Crippen molar-refractivity contribution in [1.82, 2.24) is 0 Å². The summed E-state index contributed by atoms with van der Waals surface area (Å²) in [6.45, 7) is 0. The van der Waals surface area contributed by atoms with Crippen molar-refractivity contribution in [3.8, 4) is 0 Å². The van der Waals surface area contributed by atoms with Crippen LogP contribution in [0.15, 0.2) is 18.2 Å². The van der Waals surface area contributed by atoms with E-state index in [0.29, 0.717) is 16.0 Å². The highest BCUT2D eigenvalue weighted by molar-refractivity contribution is 6.42. The topological polar surface area (TPSA) is 43.1 Å². The summed E-state index contributed by atoms with van der Waals surface area (Å²) in [5, 5.41) is 0.983. The molecule has 1 unspecified atom stereocenters. The lowest BCUT2D eigenvalue weighted by Crippen LogP contribution is -2.23. The minimum atomic E-state index is -0.278. The fourth-order valence-electron chi connectivity index (χ4n) is 2.73. The molecule has 1 saturated carbocycles. The summed E-state index contributed by atoms with van der Waals surface area (Å²) in [5.74, 6) is 0.0834. The number of halogens is 2. The minimum absolute atomic E-state index is 0.247. The van der Waals surface area contributed by atoms with E-state index in [1.54, 1.807) is 12.1 Å². The van der Waals surface area contributed by atoms with Crippen LogP contribution >= 0.6 is 23.2 Å². The quantitative estimate of drug-likeness (QED) is 0.888. The molecule has 98 valence electrons. The van der Waals surface area contributed by atoms with Crippen molar-refractivity contribution in [2.24, 2.45) is 11.7 Å². The number of primary amides is 1. The number of hydrogen-bond acceptors (Lipinski definition) is 1. The smallest absolute Gasteiger partial charge is 0.224 e. The van der Waals surface area contributed by atoms with Crippen LogP contribution in [0.25, 0.3) is 0 Å². The average molecular weight is 286 g/mol. The molecule has 1 aliphatic carbocycles. The van der Waals surface area contributed by atoms with Crippen LogP contribution < -0.4 is 5.73 Å². The van der Waals surface area contributed by atoms with Crippen molar-refractivity contribution < 1.29 is 4.79 Å². The van der Waals surface area contributed by atoms with E-state index in [1.165, 1.54) is 25.7 Å². The maximum atomic E-state index is 11.6. The highest BCUT2D eigenvalue weighted by Gasteiger charge is 2.25. The monoisotopic (exact) mass is 285 g/mol. The summed E-state index contributed by atoms with van der Waals surface area (Å²) in [5.41, 5.74) is 6.40. The van der Waals surface area contributed by atoms with E-state index in [4.69, 9.17) is 28.9 Å². The predicted molar refractivity (Wildman–Crippen MR) is 75.0 cm³/mol. The van der Waals surface area contributed by atoms with E-state index in [9.17, 15) is 4.79 Å². The normalized spacial score (nSPS) is 17.9. The largest absolute Gasteiger partial charge is 0.369 e. The molecule has 1 atom stereocenters. The lowest BCUT2D eigenvalue weighted by molar-refractivity contribution is -0.119. The molecule has 0 heterocycles. The van der Waals surface area contributed by atoms with Crippen LogP contribution in [-0.2, 0) is 4.79 Å². The Morgan fingerprint density at radius 2 is 1.94 bits per heavy atom. The second-order valence-corrected chi connectivity index (χ2v) is 5.83. The summed E-state index contributed by atoms with van der Waals surface area (Å²) in [4.78, 5) is 11.6. The Morgan fingerprint density at radius 1 is 1.28 bits per heavy atom. The van der Waals surface area contributed by atoms with E-state index in [0.717, 1.165) is 12.0 Å². The van der Waals surface area contributed by atoms with Crippen molar-refractivity contribution in [2.45, 2.75) is 38.0 Å². The molecule has 0 saturated heterocycles. The van der Waals surface area contributed by atoms with Gasteiger partial charge in [0, 0.05) is 0 Å². The van der Waals surface area contributed by atoms with Gasteiger partial charge in [-0.1, -0.05) is 55.0 Å². The third-order valence-electron chi connectivity index (χ3n) is 3.73. The molecule has 2 nitrogen and oxygen atoms in total. The Labute approximate surface area is 117 Å². The van der Waals surface area contributed by atoms with E-state index < -0.39 is 0 Å². The molecule has 1 amide bonds. The van der Waals surface area contributed by atoms with Gasteiger partial charge in [-0.2, -0.15) is 0 Å².